The normalized spacial score (nSPS) is 18.9. The summed E-state index contributed by atoms with van der Waals surface area (Å²) in [6.07, 6.45) is 1.19. The van der Waals surface area contributed by atoms with Crippen molar-refractivity contribution in [2.24, 2.45) is 5.73 Å². The van der Waals surface area contributed by atoms with Crippen LogP contribution in [0, 0.1) is 0 Å². The van der Waals surface area contributed by atoms with E-state index in [0.29, 0.717) is 24.4 Å². The maximum absolute atomic E-state index is 13.3. The average Bonchev–Trinajstić information content (AvgIpc) is 3.02. The Morgan fingerprint density at radius 2 is 1.70 bits per heavy atom. The van der Waals surface area contributed by atoms with Gasteiger partial charge in [-0.3, -0.25) is 14.4 Å². The number of aryl methyl sites for hydroxylation is 1. The largest absolute Gasteiger partial charge is 0.483 e. The molecule has 1 fully saturated rings. The lowest BCUT2D eigenvalue weighted by Gasteiger charge is -2.51. The van der Waals surface area contributed by atoms with Crippen molar-refractivity contribution in [1.29, 1.82) is 0 Å². The highest BCUT2D eigenvalue weighted by molar-refractivity contribution is 6.01. The van der Waals surface area contributed by atoms with Gasteiger partial charge in [-0.2, -0.15) is 0 Å². The molecule has 0 radical (unpaired) electrons. The van der Waals surface area contributed by atoms with Crippen LogP contribution in [0.25, 0.3) is 0 Å². The molecular weight excluding hydrogens is 478 g/mol. The molecule has 2 N–H and O–H groups in total. The van der Waals surface area contributed by atoms with Crippen LogP contribution in [0.4, 0.5) is 4.79 Å². The number of esters is 1. The fraction of sp³-hybridized carbons (Fsp3) is 0.630. The number of rotatable bonds is 5. The van der Waals surface area contributed by atoms with Crippen LogP contribution in [0.3, 0.4) is 0 Å². The molecule has 3 aliphatic rings. The number of nitrogens with zero attached hydrogens (tertiary/aromatic N) is 2. The minimum atomic E-state index is -0.925. The molecule has 0 aromatic heterocycles. The van der Waals surface area contributed by atoms with Crippen LogP contribution in [-0.2, 0) is 32.0 Å². The smallest absolute Gasteiger partial charge is 0.410 e. The maximum atomic E-state index is 13.3. The standard InChI is InChI=1S/C27H37N3O7/c1-25(2,3)36-21(31)8-7-19(22(28)32)30-13-17-11-16-9-10-27(35-20(16)12-18(17)23(30)33)14-29(15-27)24(34)37-26(4,5)6/h11-12,19H,7-10,13-15H2,1-6H3,(H2,28,32)/t19-/m0/s1. The van der Waals surface area contributed by atoms with Gasteiger partial charge in [0.25, 0.3) is 5.91 Å². The van der Waals surface area contributed by atoms with E-state index >= 15 is 0 Å². The van der Waals surface area contributed by atoms with Crippen LogP contribution in [0.15, 0.2) is 12.1 Å². The number of benzene rings is 1. The number of hydrogen-bond donors (Lipinski definition) is 1. The topological polar surface area (TPSA) is 128 Å². The van der Waals surface area contributed by atoms with Gasteiger partial charge in [0.2, 0.25) is 5.91 Å². The van der Waals surface area contributed by atoms with E-state index in [1.807, 2.05) is 26.8 Å². The summed E-state index contributed by atoms with van der Waals surface area (Å²) in [5, 5.41) is 0. The highest BCUT2D eigenvalue weighted by Crippen LogP contribution is 2.42. The van der Waals surface area contributed by atoms with Crippen molar-refractivity contribution in [2.45, 2.75) is 96.6 Å². The Hall–Kier alpha value is -3.30. The first-order valence-electron chi connectivity index (χ1n) is 12.7. The number of amides is 3. The molecular formula is C27H37N3O7. The third-order valence-electron chi connectivity index (χ3n) is 6.65. The molecule has 10 nitrogen and oxygen atoms in total. The number of nitrogens with two attached hydrogens (primary N) is 1. The van der Waals surface area contributed by atoms with Crippen LogP contribution in [0.5, 0.6) is 5.75 Å². The summed E-state index contributed by atoms with van der Waals surface area (Å²) in [7, 11) is 0. The number of fused-ring (bicyclic) bond motifs is 2. The molecule has 3 aliphatic heterocycles. The van der Waals surface area contributed by atoms with E-state index in [4.69, 9.17) is 19.9 Å². The van der Waals surface area contributed by atoms with Gasteiger partial charge in [0, 0.05) is 18.5 Å². The summed E-state index contributed by atoms with van der Waals surface area (Å²) in [5.41, 5.74) is 6.18. The van der Waals surface area contributed by atoms with Gasteiger partial charge in [-0.05, 0) is 84.1 Å². The molecule has 1 aromatic rings. The Bertz CT molecular complexity index is 1130. The van der Waals surface area contributed by atoms with Crippen molar-refractivity contribution in [2.75, 3.05) is 13.1 Å². The molecule has 37 heavy (non-hydrogen) atoms. The molecule has 3 amide bonds. The average molecular weight is 516 g/mol. The number of hydrogen-bond acceptors (Lipinski definition) is 7. The van der Waals surface area contributed by atoms with Crippen molar-refractivity contribution in [3.8, 4) is 5.75 Å². The molecule has 10 heteroatoms. The molecule has 0 aliphatic carbocycles. The zero-order valence-corrected chi connectivity index (χ0v) is 22.5. The molecule has 0 unspecified atom stereocenters. The molecule has 0 saturated carbocycles. The second-order valence-electron chi connectivity index (χ2n) is 12.2. The van der Waals surface area contributed by atoms with E-state index in [1.54, 1.807) is 31.7 Å². The molecule has 1 saturated heterocycles. The summed E-state index contributed by atoms with van der Waals surface area (Å²) in [6.45, 7) is 11.9. The fourth-order valence-corrected chi connectivity index (χ4v) is 5.03. The van der Waals surface area contributed by atoms with Crippen LogP contribution in [-0.4, -0.2) is 69.6 Å². The minimum absolute atomic E-state index is 0.0265. The Balaban J connectivity index is 1.43. The monoisotopic (exact) mass is 515 g/mol. The molecule has 1 spiro atoms. The summed E-state index contributed by atoms with van der Waals surface area (Å²) in [4.78, 5) is 53.1. The number of ether oxygens (including phenoxy) is 3. The van der Waals surface area contributed by atoms with Gasteiger partial charge in [-0.25, -0.2) is 4.79 Å². The summed E-state index contributed by atoms with van der Waals surface area (Å²) in [5.74, 6) is -0.814. The molecule has 1 aromatic carbocycles. The zero-order valence-electron chi connectivity index (χ0n) is 22.5. The third kappa shape index (κ3) is 5.83. The second kappa shape index (κ2) is 9.22. The van der Waals surface area contributed by atoms with Gasteiger partial charge in [-0.1, -0.05) is 0 Å². The van der Waals surface area contributed by atoms with Gasteiger partial charge in [-0.15, -0.1) is 0 Å². The minimum Gasteiger partial charge on any atom is -0.483 e. The lowest BCUT2D eigenvalue weighted by Crippen LogP contribution is -2.67. The number of carbonyl (C=O) groups excluding carboxylic acids is 4. The zero-order chi connectivity index (χ0) is 27.3. The lowest BCUT2D eigenvalue weighted by atomic mass is 9.84. The first kappa shape index (κ1) is 26.8. The van der Waals surface area contributed by atoms with Crippen LogP contribution in [0.1, 0.15) is 82.3 Å². The quantitative estimate of drug-likeness (QED) is 0.597. The fourth-order valence-electron chi connectivity index (χ4n) is 5.03. The van der Waals surface area contributed by atoms with Gasteiger partial charge in [0.15, 0.2) is 0 Å². The summed E-state index contributed by atoms with van der Waals surface area (Å²) < 4.78 is 17.1. The number of likely N-dealkylation sites (tertiary alicyclic amines) is 1. The van der Waals surface area contributed by atoms with Crippen molar-refractivity contribution < 1.29 is 33.4 Å². The van der Waals surface area contributed by atoms with E-state index in [-0.39, 0.29) is 31.4 Å². The van der Waals surface area contributed by atoms with Crippen LogP contribution >= 0.6 is 0 Å². The Morgan fingerprint density at radius 1 is 1.05 bits per heavy atom. The maximum Gasteiger partial charge on any atom is 0.410 e. The van der Waals surface area contributed by atoms with E-state index in [2.05, 4.69) is 0 Å². The SMILES string of the molecule is CC(C)(C)OC(=O)CC[C@@H](C(N)=O)N1Cc2cc3c(cc2C1=O)OC1(CC3)CN(C(=O)OC(C)(C)C)C1. The second-order valence-corrected chi connectivity index (χ2v) is 12.2. The summed E-state index contributed by atoms with van der Waals surface area (Å²) >= 11 is 0. The van der Waals surface area contributed by atoms with Gasteiger partial charge >= 0.3 is 12.1 Å². The van der Waals surface area contributed by atoms with E-state index in [1.165, 1.54) is 4.90 Å². The van der Waals surface area contributed by atoms with Gasteiger partial charge in [0.05, 0.1) is 13.1 Å². The van der Waals surface area contributed by atoms with E-state index in [0.717, 1.165) is 24.0 Å². The van der Waals surface area contributed by atoms with Crippen molar-refractivity contribution in [1.82, 2.24) is 9.80 Å². The van der Waals surface area contributed by atoms with Crippen molar-refractivity contribution in [3.63, 3.8) is 0 Å². The van der Waals surface area contributed by atoms with Gasteiger partial charge in [0.1, 0.15) is 28.6 Å². The predicted octanol–water partition coefficient (Wildman–Crippen LogP) is 2.93. The lowest BCUT2D eigenvalue weighted by molar-refractivity contribution is -0.155. The van der Waals surface area contributed by atoms with Gasteiger partial charge < -0.3 is 29.7 Å². The molecule has 0 bridgehead atoms. The van der Waals surface area contributed by atoms with E-state index in [9.17, 15) is 19.2 Å². The number of primary amides is 1. The highest BCUT2D eigenvalue weighted by Gasteiger charge is 2.50. The predicted molar refractivity (Wildman–Crippen MR) is 134 cm³/mol. The number of carbonyl (C=O) groups is 4. The Morgan fingerprint density at radius 3 is 2.30 bits per heavy atom. The Labute approximate surface area is 217 Å². The first-order chi connectivity index (χ1) is 17.1. The summed E-state index contributed by atoms with van der Waals surface area (Å²) in [6, 6.07) is 2.76. The highest BCUT2D eigenvalue weighted by atomic mass is 16.6. The third-order valence-corrected chi connectivity index (χ3v) is 6.65. The molecule has 3 heterocycles. The van der Waals surface area contributed by atoms with Crippen molar-refractivity contribution >= 4 is 23.9 Å². The van der Waals surface area contributed by atoms with Crippen LogP contribution in [0.2, 0.25) is 0 Å². The van der Waals surface area contributed by atoms with Crippen molar-refractivity contribution in [3.05, 3.63) is 28.8 Å². The molecule has 1 atom stereocenters. The Kier molecular flexibility index (Phi) is 6.67. The first-order valence-corrected chi connectivity index (χ1v) is 12.7. The molecule has 4 rings (SSSR count). The molecule has 202 valence electrons. The van der Waals surface area contributed by atoms with Crippen LogP contribution < -0.4 is 10.5 Å². The van der Waals surface area contributed by atoms with E-state index < -0.39 is 34.7 Å².